The van der Waals surface area contributed by atoms with E-state index in [1.807, 2.05) is 24.7 Å². The Labute approximate surface area is 146 Å². The van der Waals surface area contributed by atoms with Gasteiger partial charge in [-0.2, -0.15) is 5.10 Å². The number of hydrogen-bond donors (Lipinski definition) is 0. The van der Waals surface area contributed by atoms with Gasteiger partial charge in [0, 0.05) is 18.5 Å². The SMILES string of the molecule is C/C=C\C(=CCCC)c1nc(C(C)c2cccc(CC)c2)n(C)n1. The number of aromatic nitrogens is 3. The molecule has 3 nitrogen and oxygen atoms in total. The Bertz CT molecular complexity index is 722. The van der Waals surface area contributed by atoms with Crippen molar-refractivity contribution in [1.82, 2.24) is 14.8 Å². The molecule has 1 aromatic heterocycles. The summed E-state index contributed by atoms with van der Waals surface area (Å²) in [6.45, 7) is 8.60. The summed E-state index contributed by atoms with van der Waals surface area (Å²) in [4.78, 5) is 4.85. The summed E-state index contributed by atoms with van der Waals surface area (Å²) in [5.41, 5.74) is 3.76. The van der Waals surface area contributed by atoms with Gasteiger partial charge in [-0.1, -0.05) is 69.7 Å². The number of nitrogens with zero attached hydrogens (tertiary/aromatic N) is 3. The second-order valence-electron chi connectivity index (χ2n) is 6.19. The molecule has 1 atom stereocenters. The minimum absolute atomic E-state index is 0.223. The van der Waals surface area contributed by atoms with E-state index in [0.717, 1.165) is 36.5 Å². The lowest BCUT2D eigenvalue weighted by atomic mass is 9.97. The quantitative estimate of drug-likeness (QED) is 0.648. The first-order chi connectivity index (χ1) is 11.6. The monoisotopic (exact) mass is 323 g/mol. The van der Waals surface area contributed by atoms with E-state index >= 15 is 0 Å². The molecule has 0 fully saturated rings. The zero-order valence-corrected chi connectivity index (χ0v) is 15.6. The second kappa shape index (κ2) is 8.62. The van der Waals surface area contributed by atoms with Crippen LogP contribution in [0.5, 0.6) is 0 Å². The van der Waals surface area contributed by atoms with Gasteiger partial charge in [-0.05, 0) is 30.9 Å². The highest BCUT2D eigenvalue weighted by molar-refractivity contribution is 5.69. The van der Waals surface area contributed by atoms with Crippen molar-refractivity contribution in [2.24, 2.45) is 7.05 Å². The van der Waals surface area contributed by atoms with Gasteiger partial charge in [-0.3, -0.25) is 4.68 Å². The maximum Gasteiger partial charge on any atom is 0.181 e. The zero-order chi connectivity index (χ0) is 17.5. The molecule has 1 heterocycles. The van der Waals surface area contributed by atoms with Crippen LogP contribution in [0, 0.1) is 0 Å². The predicted octanol–water partition coefficient (Wildman–Crippen LogP) is 5.29. The summed E-state index contributed by atoms with van der Waals surface area (Å²) < 4.78 is 1.92. The van der Waals surface area contributed by atoms with Crippen molar-refractivity contribution < 1.29 is 0 Å². The summed E-state index contributed by atoms with van der Waals surface area (Å²) in [7, 11) is 1.99. The smallest absolute Gasteiger partial charge is 0.181 e. The lowest BCUT2D eigenvalue weighted by Gasteiger charge is -2.12. The summed E-state index contributed by atoms with van der Waals surface area (Å²) in [5.74, 6) is 2.04. The largest absolute Gasteiger partial charge is 0.252 e. The highest BCUT2D eigenvalue weighted by Crippen LogP contribution is 2.25. The molecule has 0 radical (unpaired) electrons. The average molecular weight is 323 g/mol. The fourth-order valence-corrected chi connectivity index (χ4v) is 2.84. The highest BCUT2D eigenvalue weighted by atomic mass is 15.3. The van der Waals surface area contributed by atoms with Crippen LogP contribution in [0.1, 0.15) is 69.2 Å². The van der Waals surface area contributed by atoms with Crippen LogP contribution >= 0.6 is 0 Å². The highest BCUT2D eigenvalue weighted by Gasteiger charge is 2.17. The van der Waals surface area contributed by atoms with E-state index in [1.54, 1.807) is 0 Å². The fourth-order valence-electron chi connectivity index (χ4n) is 2.84. The molecule has 0 amide bonds. The molecule has 2 rings (SSSR count). The molecule has 1 unspecified atom stereocenters. The third-order valence-electron chi connectivity index (χ3n) is 4.30. The fraction of sp³-hybridized carbons (Fsp3) is 0.429. The van der Waals surface area contributed by atoms with Gasteiger partial charge in [0.2, 0.25) is 0 Å². The molecule has 1 aromatic carbocycles. The van der Waals surface area contributed by atoms with Crippen molar-refractivity contribution in [2.45, 2.75) is 52.9 Å². The number of allylic oxidation sites excluding steroid dienone is 4. The van der Waals surface area contributed by atoms with Crippen LogP contribution in [0.3, 0.4) is 0 Å². The average Bonchev–Trinajstić information content (AvgIpc) is 2.99. The van der Waals surface area contributed by atoms with Crippen molar-refractivity contribution in [3.8, 4) is 0 Å². The first-order valence-electron chi connectivity index (χ1n) is 8.93. The third kappa shape index (κ3) is 4.22. The number of rotatable bonds is 7. The van der Waals surface area contributed by atoms with Gasteiger partial charge in [0.1, 0.15) is 5.82 Å². The van der Waals surface area contributed by atoms with Crippen LogP contribution in [0.15, 0.2) is 42.5 Å². The van der Waals surface area contributed by atoms with Gasteiger partial charge in [-0.15, -0.1) is 0 Å². The van der Waals surface area contributed by atoms with Gasteiger partial charge in [0.15, 0.2) is 5.82 Å². The van der Waals surface area contributed by atoms with E-state index in [0.29, 0.717) is 0 Å². The molecule has 128 valence electrons. The minimum atomic E-state index is 0.223. The van der Waals surface area contributed by atoms with E-state index in [2.05, 4.69) is 62.3 Å². The van der Waals surface area contributed by atoms with Crippen molar-refractivity contribution in [2.75, 3.05) is 0 Å². The van der Waals surface area contributed by atoms with Crippen molar-refractivity contribution >= 4 is 5.57 Å². The van der Waals surface area contributed by atoms with E-state index in [-0.39, 0.29) is 5.92 Å². The normalized spacial score (nSPS) is 13.6. The maximum absolute atomic E-state index is 4.85. The Hall–Kier alpha value is -2.16. The molecule has 0 N–H and O–H groups in total. The number of unbranched alkanes of at least 4 members (excludes halogenated alkanes) is 1. The third-order valence-corrected chi connectivity index (χ3v) is 4.30. The van der Waals surface area contributed by atoms with Gasteiger partial charge in [-0.25, -0.2) is 4.98 Å². The molecule has 3 heteroatoms. The molecular formula is C21H29N3. The van der Waals surface area contributed by atoms with E-state index in [9.17, 15) is 0 Å². The minimum Gasteiger partial charge on any atom is -0.252 e. The molecule has 0 aliphatic rings. The van der Waals surface area contributed by atoms with Gasteiger partial charge < -0.3 is 0 Å². The first kappa shape index (κ1) is 18.2. The van der Waals surface area contributed by atoms with Crippen LogP contribution in [0.4, 0.5) is 0 Å². The van der Waals surface area contributed by atoms with Crippen LogP contribution in [0.25, 0.3) is 5.57 Å². The first-order valence-corrected chi connectivity index (χ1v) is 8.93. The van der Waals surface area contributed by atoms with Gasteiger partial charge >= 0.3 is 0 Å². The van der Waals surface area contributed by atoms with Gasteiger partial charge in [0.25, 0.3) is 0 Å². The molecule has 0 saturated carbocycles. The zero-order valence-electron chi connectivity index (χ0n) is 15.6. The van der Waals surface area contributed by atoms with Crippen LogP contribution < -0.4 is 0 Å². The number of hydrogen-bond acceptors (Lipinski definition) is 2. The molecule has 2 aromatic rings. The van der Waals surface area contributed by atoms with Crippen molar-refractivity contribution in [3.63, 3.8) is 0 Å². The number of benzene rings is 1. The van der Waals surface area contributed by atoms with Crippen LogP contribution in [-0.4, -0.2) is 14.8 Å². The molecule has 0 aliphatic carbocycles. The molecule has 0 bridgehead atoms. The second-order valence-corrected chi connectivity index (χ2v) is 6.19. The van der Waals surface area contributed by atoms with Crippen LogP contribution in [0.2, 0.25) is 0 Å². The maximum atomic E-state index is 4.85. The van der Waals surface area contributed by atoms with E-state index in [4.69, 9.17) is 4.98 Å². The Morgan fingerprint density at radius 1 is 1.29 bits per heavy atom. The lowest BCUT2D eigenvalue weighted by molar-refractivity contribution is 0.671. The van der Waals surface area contributed by atoms with Gasteiger partial charge in [0.05, 0.1) is 0 Å². The molecule has 0 saturated heterocycles. The summed E-state index contributed by atoms with van der Waals surface area (Å²) >= 11 is 0. The standard InChI is InChI=1S/C21H29N3/c1-6-9-13-18(11-7-2)20-22-21(24(5)23-20)16(4)19-14-10-12-17(8-3)15-19/h7,10-16H,6,8-9H2,1-5H3/b11-7-,18-13?. The lowest BCUT2D eigenvalue weighted by Crippen LogP contribution is -2.05. The number of aryl methyl sites for hydroxylation is 2. The topological polar surface area (TPSA) is 30.7 Å². The predicted molar refractivity (Wildman–Crippen MR) is 102 cm³/mol. The Morgan fingerprint density at radius 3 is 2.75 bits per heavy atom. The molecule has 24 heavy (non-hydrogen) atoms. The van der Waals surface area contributed by atoms with E-state index < -0.39 is 0 Å². The Kier molecular flexibility index (Phi) is 6.53. The Morgan fingerprint density at radius 2 is 2.08 bits per heavy atom. The summed E-state index contributed by atoms with van der Waals surface area (Å²) in [6, 6.07) is 8.76. The summed E-state index contributed by atoms with van der Waals surface area (Å²) in [6.07, 6.45) is 9.59. The van der Waals surface area contributed by atoms with Crippen molar-refractivity contribution in [1.29, 1.82) is 0 Å². The molecular weight excluding hydrogens is 294 g/mol. The van der Waals surface area contributed by atoms with Crippen molar-refractivity contribution in [3.05, 3.63) is 65.3 Å². The molecule has 0 aliphatic heterocycles. The van der Waals surface area contributed by atoms with Crippen LogP contribution in [-0.2, 0) is 13.5 Å². The molecule has 0 spiro atoms. The van der Waals surface area contributed by atoms with E-state index in [1.165, 1.54) is 11.1 Å². The Balaban J connectivity index is 2.36. The summed E-state index contributed by atoms with van der Waals surface area (Å²) in [5, 5.41) is 4.66.